The maximum atomic E-state index is 12.1. The SMILES string of the molecule is O=c1c(Br)cc(Br)cn1CC1(CS)CCOCC1. The van der Waals surface area contributed by atoms with Crippen LogP contribution in [0.5, 0.6) is 0 Å². The predicted octanol–water partition coefficient (Wildman–Crippen LogP) is 3.10. The smallest absolute Gasteiger partial charge is 0.264 e. The molecule has 0 N–H and O–H groups in total. The molecule has 0 saturated carbocycles. The van der Waals surface area contributed by atoms with Gasteiger partial charge < -0.3 is 9.30 Å². The molecule has 0 amide bonds. The van der Waals surface area contributed by atoms with Gasteiger partial charge in [0, 0.05) is 35.8 Å². The van der Waals surface area contributed by atoms with Crippen LogP contribution in [0.15, 0.2) is 26.0 Å². The van der Waals surface area contributed by atoms with Crippen molar-refractivity contribution in [2.45, 2.75) is 19.4 Å². The van der Waals surface area contributed by atoms with Gasteiger partial charge in [-0.25, -0.2) is 0 Å². The van der Waals surface area contributed by atoms with E-state index in [0.717, 1.165) is 36.3 Å². The van der Waals surface area contributed by atoms with Gasteiger partial charge >= 0.3 is 0 Å². The van der Waals surface area contributed by atoms with E-state index in [0.29, 0.717) is 11.0 Å². The van der Waals surface area contributed by atoms with E-state index in [1.807, 2.05) is 6.20 Å². The number of ether oxygens (including phenoxy) is 1. The lowest BCUT2D eigenvalue weighted by Crippen LogP contribution is -2.38. The summed E-state index contributed by atoms with van der Waals surface area (Å²) in [7, 11) is 0. The normalized spacial score (nSPS) is 18.8. The first-order valence-corrected chi connectivity index (χ1v) is 8.02. The van der Waals surface area contributed by atoms with Gasteiger partial charge in [-0.05, 0) is 56.5 Å². The van der Waals surface area contributed by atoms with Crippen LogP contribution in [0.2, 0.25) is 0 Å². The fraction of sp³-hybridized carbons (Fsp3) is 0.583. The molecule has 0 radical (unpaired) electrons. The van der Waals surface area contributed by atoms with E-state index in [9.17, 15) is 4.79 Å². The Labute approximate surface area is 129 Å². The van der Waals surface area contributed by atoms with Crippen molar-refractivity contribution in [2.75, 3.05) is 19.0 Å². The minimum Gasteiger partial charge on any atom is -0.381 e. The third-order valence-electron chi connectivity index (χ3n) is 3.40. The number of thiol groups is 1. The van der Waals surface area contributed by atoms with Gasteiger partial charge in [0.2, 0.25) is 0 Å². The van der Waals surface area contributed by atoms with E-state index in [-0.39, 0.29) is 11.0 Å². The standard InChI is InChI=1S/C12H15Br2NO2S/c13-9-5-10(14)11(16)15(6-9)7-12(8-18)1-3-17-4-2-12/h5-6,18H,1-4,7-8H2. The Kier molecular flexibility index (Phi) is 4.97. The molecule has 0 aromatic carbocycles. The lowest BCUT2D eigenvalue weighted by atomic mass is 9.82. The number of nitrogens with zero attached hydrogens (tertiary/aromatic N) is 1. The van der Waals surface area contributed by atoms with Crippen LogP contribution in [0.25, 0.3) is 0 Å². The maximum Gasteiger partial charge on any atom is 0.264 e. The molecule has 1 saturated heterocycles. The fourth-order valence-corrected chi connectivity index (χ4v) is 3.89. The molecule has 1 fully saturated rings. The van der Waals surface area contributed by atoms with Crippen LogP contribution in [-0.4, -0.2) is 23.5 Å². The van der Waals surface area contributed by atoms with E-state index in [1.54, 1.807) is 10.6 Å². The highest BCUT2D eigenvalue weighted by Crippen LogP contribution is 2.33. The molecule has 2 heterocycles. The summed E-state index contributed by atoms with van der Waals surface area (Å²) in [6.45, 7) is 2.20. The average molecular weight is 397 g/mol. The number of aromatic nitrogens is 1. The molecule has 6 heteroatoms. The third-order valence-corrected chi connectivity index (χ3v) is 5.08. The molecule has 1 aliphatic rings. The Morgan fingerprint density at radius 1 is 1.39 bits per heavy atom. The molecule has 3 nitrogen and oxygen atoms in total. The van der Waals surface area contributed by atoms with E-state index in [1.165, 1.54) is 0 Å². The quantitative estimate of drug-likeness (QED) is 0.796. The topological polar surface area (TPSA) is 31.2 Å². The van der Waals surface area contributed by atoms with Crippen LogP contribution in [0.4, 0.5) is 0 Å². The van der Waals surface area contributed by atoms with Gasteiger partial charge in [-0.15, -0.1) is 0 Å². The molecule has 100 valence electrons. The minimum atomic E-state index is 0.00542. The van der Waals surface area contributed by atoms with Crippen LogP contribution in [-0.2, 0) is 11.3 Å². The molecular weight excluding hydrogens is 382 g/mol. The first kappa shape index (κ1) is 14.6. The Morgan fingerprint density at radius 3 is 2.67 bits per heavy atom. The second-order valence-electron chi connectivity index (χ2n) is 4.71. The van der Waals surface area contributed by atoms with Crippen molar-refractivity contribution in [2.24, 2.45) is 5.41 Å². The van der Waals surface area contributed by atoms with Gasteiger partial charge in [0.15, 0.2) is 0 Å². The van der Waals surface area contributed by atoms with Crippen LogP contribution in [0.3, 0.4) is 0 Å². The highest BCUT2D eigenvalue weighted by molar-refractivity contribution is 9.11. The molecule has 0 atom stereocenters. The van der Waals surface area contributed by atoms with Gasteiger partial charge in [-0.3, -0.25) is 4.79 Å². The summed E-state index contributed by atoms with van der Waals surface area (Å²) in [5, 5.41) is 0. The first-order chi connectivity index (χ1) is 8.56. The number of hydrogen-bond donors (Lipinski definition) is 1. The summed E-state index contributed by atoms with van der Waals surface area (Å²) in [5.41, 5.74) is 0.0664. The van der Waals surface area contributed by atoms with Crippen molar-refractivity contribution < 1.29 is 4.74 Å². The lowest BCUT2D eigenvalue weighted by Gasteiger charge is -2.36. The van der Waals surface area contributed by atoms with Crippen LogP contribution in [0.1, 0.15) is 12.8 Å². The lowest BCUT2D eigenvalue weighted by molar-refractivity contribution is 0.0177. The fourth-order valence-electron chi connectivity index (χ4n) is 2.21. The van der Waals surface area contributed by atoms with E-state index < -0.39 is 0 Å². The summed E-state index contributed by atoms with van der Waals surface area (Å²) in [4.78, 5) is 12.1. The van der Waals surface area contributed by atoms with Crippen molar-refractivity contribution in [3.8, 4) is 0 Å². The largest absolute Gasteiger partial charge is 0.381 e. The van der Waals surface area contributed by atoms with E-state index in [2.05, 4.69) is 44.5 Å². The van der Waals surface area contributed by atoms with Crippen molar-refractivity contribution in [1.82, 2.24) is 4.57 Å². The zero-order valence-corrected chi connectivity index (χ0v) is 13.9. The summed E-state index contributed by atoms with van der Waals surface area (Å²) in [5.74, 6) is 0.771. The zero-order chi connectivity index (χ0) is 13.2. The molecule has 18 heavy (non-hydrogen) atoms. The maximum absolute atomic E-state index is 12.1. The Morgan fingerprint density at radius 2 is 2.06 bits per heavy atom. The van der Waals surface area contributed by atoms with Gasteiger partial charge in [0.1, 0.15) is 0 Å². The van der Waals surface area contributed by atoms with E-state index >= 15 is 0 Å². The van der Waals surface area contributed by atoms with E-state index in [4.69, 9.17) is 4.74 Å². The molecule has 2 rings (SSSR count). The summed E-state index contributed by atoms with van der Waals surface area (Å²) in [6, 6.07) is 1.77. The monoisotopic (exact) mass is 395 g/mol. The average Bonchev–Trinajstić information content (AvgIpc) is 2.36. The number of halogens is 2. The number of pyridine rings is 1. The van der Waals surface area contributed by atoms with Crippen LogP contribution < -0.4 is 5.56 Å². The van der Waals surface area contributed by atoms with Crippen LogP contribution >= 0.6 is 44.5 Å². The molecule has 1 aromatic rings. The van der Waals surface area contributed by atoms with Crippen molar-refractivity contribution >= 4 is 44.5 Å². The minimum absolute atomic E-state index is 0.00542. The second-order valence-corrected chi connectivity index (χ2v) is 6.80. The molecule has 0 bridgehead atoms. The predicted molar refractivity (Wildman–Crippen MR) is 82.4 cm³/mol. The van der Waals surface area contributed by atoms with Gasteiger partial charge in [0.05, 0.1) is 4.47 Å². The summed E-state index contributed by atoms with van der Waals surface area (Å²) in [6.07, 6.45) is 3.74. The zero-order valence-electron chi connectivity index (χ0n) is 9.86. The van der Waals surface area contributed by atoms with Crippen molar-refractivity contribution in [1.29, 1.82) is 0 Å². The molecule has 0 spiro atoms. The Hall–Kier alpha value is 0.220. The van der Waals surface area contributed by atoms with Gasteiger partial charge in [-0.1, -0.05) is 0 Å². The summed E-state index contributed by atoms with van der Waals surface area (Å²) < 4.78 is 8.64. The van der Waals surface area contributed by atoms with Crippen molar-refractivity contribution in [3.05, 3.63) is 31.6 Å². The number of rotatable bonds is 3. The first-order valence-electron chi connectivity index (χ1n) is 5.80. The molecule has 1 aliphatic heterocycles. The van der Waals surface area contributed by atoms with Crippen molar-refractivity contribution in [3.63, 3.8) is 0 Å². The van der Waals surface area contributed by atoms with Crippen LogP contribution in [0, 0.1) is 5.41 Å². The Balaban J connectivity index is 2.29. The molecule has 0 aliphatic carbocycles. The molecule has 1 aromatic heterocycles. The van der Waals surface area contributed by atoms with Gasteiger partial charge in [-0.2, -0.15) is 12.6 Å². The molecular formula is C12H15Br2NO2S. The summed E-state index contributed by atoms with van der Waals surface area (Å²) >= 11 is 11.2. The number of hydrogen-bond acceptors (Lipinski definition) is 3. The highest BCUT2D eigenvalue weighted by atomic mass is 79.9. The van der Waals surface area contributed by atoms with Gasteiger partial charge in [0.25, 0.3) is 5.56 Å². The Bertz CT molecular complexity index is 483. The third kappa shape index (κ3) is 3.21. The second kappa shape index (κ2) is 6.11. The molecule has 0 unspecified atom stereocenters. The highest BCUT2D eigenvalue weighted by Gasteiger charge is 2.32.